The lowest BCUT2D eigenvalue weighted by molar-refractivity contribution is 0.613. The smallest absolute Gasteiger partial charge is 0.0534 e. The van der Waals surface area contributed by atoms with E-state index >= 15 is 0 Å². The molecule has 2 aromatic heterocycles. The third-order valence-electron chi connectivity index (χ3n) is 3.07. The molecule has 1 saturated carbocycles. The van der Waals surface area contributed by atoms with Gasteiger partial charge in [-0.2, -0.15) is 16.4 Å². The molecular formula is C13H17N3S. The van der Waals surface area contributed by atoms with Crippen LogP contribution in [0.4, 0.5) is 0 Å². The molecule has 0 aromatic carbocycles. The molecule has 1 aliphatic rings. The summed E-state index contributed by atoms with van der Waals surface area (Å²) < 4.78 is 2.04. The summed E-state index contributed by atoms with van der Waals surface area (Å²) in [5.74, 6) is 0. The summed E-state index contributed by atoms with van der Waals surface area (Å²) in [7, 11) is 0. The summed E-state index contributed by atoms with van der Waals surface area (Å²) in [6.45, 7) is 1.93. The molecule has 0 saturated heterocycles. The van der Waals surface area contributed by atoms with Crippen molar-refractivity contribution in [3.63, 3.8) is 0 Å². The maximum absolute atomic E-state index is 4.39. The van der Waals surface area contributed by atoms with Crippen LogP contribution >= 0.6 is 11.3 Å². The second-order valence-corrected chi connectivity index (χ2v) is 5.43. The second kappa shape index (κ2) is 5.02. The standard InChI is InChI=1S/C13H17N3S/c1-2-13(1)14-7-12-8-15-16(9-12)5-3-11-4-6-17-10-11/h4,6,8-10,13-14H,1-3,5,7H2. The van der Waals surface area contributed by atoms with E-state index in [2.05, 4.69) is 33.4 Å². The molecule has 0 unspecified atom stereocenters. The van der Waals surface area contributed by atoms with Crippen LogP contribution in [-0.2, 0) is 19.5 Å². The van der Waals surface area contributed by atoms with Crippen molar-refractivity contribution in [3.8, 4) is 0 Å². The fourth-order valence-corrected chi connectivity index (χ4v) is 2.55. The second-order valence-electron chi connectivity index (χ2n) is 4.65. The lowest BCUT2D eigenvalue weighted by Crippen LogP contribution is -2.14. The normalized spacial score (nSPS) is 15.3. The average Bonchev–Trinajstić information content (AvgIpc) is 2.86. The number of thiophene rings is 1. The highest BCUT2D eigenvalue weighted by Gasteiger charge is 2.20. The van der Waals surface area contributed by atoms with Gasteiger partial charge in [-0.15, -0.1) is 0 Å². The van der Waals surface area contributed by atoms with Crippen molar-refractivity contribution in [3.05, 3.63) is 40.3 Å². The van der Waals surface area contributed by atoms with Crippen molar-refractivity contribution in [2.24, 2.45) is 0 Å². The van der Waals surface area contributed by atoms with Crippen LogP contribution in [0.1, 0.15) is 24.0 Å². The van der Waals surface area contributed by atoms with Gasteiger partial charge in [0.15, 0.2) is 0 Å². The third-order valence-corrected chi connectivity index (χ3v) is 3.80. The molecule has 3 rings (SSSR count). The van der Waals surface area contributed by atoms with E-state index in [1.165, 1.54) is 24.0 Å². The predicted octanol–water partition coefficient (Wildman–Crippen LogP) is 2.44. The Bertz CT molecular complexity index is 457. The largest absolute Gasteiger partial charge is 0.310 e. The van der Waals surface area contributed by atoms with Crippen LogP contribution in [-0.4, -0.2) is 15.8 Å². The molecule has 0 radical (unpaired) electrons. The number of aryl methyl sites for hydroxylation is 2. The Morgan fingerprint density at radius 1 is 1.41 bits per heavy atom. The molecule has 90 valence electrons. The highest BCUT2D eigenvalue weighted by Crippen LogP contribution is 2.19. The van der Waals surface area contributed by atoms with Gasteiger partial charge in [-0.05, 0) is 41.7 Å². The minimum atomic E-state index is 0.768. The van der Waals surface area contributed by atoms with Gasteiger partial charge in [0.25, 0.3) is 0 Å². The molecule has 0 spiro atoms. The van der Waals surface area contributed by atoms with Crippen LogP contribution in [0.3, 0.4) is 0 Å². The first-order valence-electron chi connectivity index (χ1n) is 6.16. The van der Waals surface area contributed by atoms with Crippen molar-refractivity contribution in [1.82, 2.24) is 15.1 Å². The quantitative estimate of drug-likeness (QED) is 0.849. The van der Waals surface area contributed by atoms with Gasteiger partial charge < -0.3 is 5.32 Å². The van der Waals surface area contributed by atoms with E-state index in [0.717, 1.165) is 25.6 Å². The maximum Gasteiger partial charge on any atom is 0.0534 e. The molecule has 2 heterocycles. The SMILES string of the molecule is c1cc(CCn2cc(CNC3CC3)cn2)cs1. The lowest BCUT2D eigenvalue weighted by atomic mass is 10.2. The Balaban J connectivity index is 1.49. The molecule has 17 heavy (non-hydrogen) atoms. The minimum Gasteiger partial charge on any atom is -0.310 e. The third kappa shape index (κ3) is 3.17. The molecule has 1 aliphatic carbocycles. The van der Waals surface area contributed by atoms with E-state index in [9.17, 15) is 0 Å². The zero-order valence-corrected chi connectivity index (χ0v) is 10.6. The fraction of sp³-hybridized carbons (Fsp3) is 0.462. The van der Waals surface area contributed by atoms with E-state index in [4.69, 9.17) is 0 Å². The van der Waals surface area contributed by atoms with Gasteiger partial charge in [0.2, 0.25) is 0 Å². The molecular weight excluding hydrogens is 230 g/mol. The Kier molecular flexibility index (Phi) is 3.25. The Morgan fingerprint density at radius 3 is 3.12 bits per heavy atom. The first kappa shape index (κ1) is 11.0. The topological polar surface area (TPSA) is 29.9 Å². The van der Waals surface area contributed by atoms with Crippen LogP contribution in [0.15, 0.2) is 29.2 Å². The van der Waals surface area contributed by atoms with E-state index in [1.807, 2.05) is 10.9 Å². The highest BCUT2D eigenvalue weighted by molar-refractivity contribution is 7.07. The van der Waals surface area contributed by atoms with Crippen molar-refractivity contribution in [1.29, 1.82) is 0 Å². The van der Waals surface area contributed by atoms with Crippen LogP contribution < -0.4 is 5.32 Å². The minimum absolute atomic E-state index is 0.768. The zero-order chi connectivity index (χ0) is 11.5. The molecule has 1 N–H and O–H groups in total. The Morgan fingerprint density at radius 2 is 2.35 bits per heavy atom. The van der Waals surface area contributed by atoms with Gasteiger partial charge in [0, 0.05) is 30.9 Å². The summed E-state index contributed by atoms with van der Waals surface area (Å²) in [6.07, 6.45) is 7.88. The van der Waals surface area contributed by atoms with Crippen LogP contribution in [0.5, 0.6) is 0 Å². The molecule has 3 nitrogen and oxygen atoms in total. The molecule has 0 atom stereocenters. The molecule has 0 amide bonds. The van der Waals surface area contributed by atoms with E-state index < -0.39 is 0 Å². The zero-order valence-electron chi connectivity index (χ0n) is 9.80. The number of aromatic nitrogens is 2. The van der Waals surface area contributed by atoms with Gasteiger partial charge in [-0.25, -0.2) is 0 Å². The van der Waals surface area contributed by atoms with E-state index in [0.29, 0.717) is 0 Å². The van der Waals surface area contributed by atoms with E-state index in [-0.39, 0.29) is 0 Å². The summed E-state index contributed by atoms with van der Waals surface area (Å²) >= 11 is 1.76. The average molecular weight is 247 g/mol. The van der Waals surface area contributed by atoms with Gasteiger partial charge >= 0.3 is 0 Å². The first-order valence-corrected chi connectivity index (χ1v) is 7.10. The summed E-state index contributed by atoms with van der Waals surface area (Å²) in [5.41, 5.74) is 2.70. The molecule has 2 aromatic rings. The van der Waals surface area contributed by atoms with Crippen molar-refractivity contribution < 1.29 is 0 Å². The Hall–Kier alpha value is -1.13. The van der Waals surface area contributed by atoms with Crippen molar-refractivity contribution in [2.45, 2.75) is 38.4 Å². The van der Waals surface area contributed by atoms with Gasteiger partial charge in [-0.1, -0.05) is 0 Å². The molecule has 4 heteroatoms. The molecule has 1 fully saturated rings. The number of rotatable bonds is 6. The highest BCUT2D eigenvalue weighted by atomic mass is 32.1. The summed E-state index contributed by atoms with van der Waals surface area (Å²) in [4.78, 5) is 0. The van der Waals surface area contributed by atoms with Gasteiger partial charge in [0.05, 0.1) is 6.20 Å². The van der Waals surface area contributed by atoms with Gasteiger partial charge in [-0.3, -0.25) is 4.68 Å². The van der Waals surface area contributed by atoms with Crippen molar-refractivity contribution >= 4 is 11.3 Å². The van der Waals surface area contributed by atoms with Crippen molar-refractivity contribution in [2.75, 3.05) is 0 Å². The van der Waals surface area contributed by atoms with Crippen LogP contribution in [0, 0.1) is 0 Å². The van der Waals surface area contributed by atoms with Crippen LogP contribution in [0.25, 0.3) is 0 Å². The first-order chi connectivity index (χ1) is 8.40. The molecule has 0 bridgehead atoms. The number of nitrogens with zero attached hydrogens (tertiary/aromatic N) is 2. The lowest BCUT2D eigenvalue weighted by Gasteiger charge is -2.00. The summed E-state index contributed by atoms with van der Waals surface area (Å²) in [5, 5.41) is 12.2. The predicted molar refractivity (Wildman–Crippen MR) is 70.1 cm³/mol. The Labute approximate surface area is 105 Å². The maximum atomic E-state index is 4.39. The summed E-state index contributed by atoms with van der Waals surface area (Å²) in [6, 6.07) is 2.95. The van der Waals surface area contributed by atoms with Gasteiger partial charge in [0.1, 0.15) is 0 Å². The molecule has 0 aliphatic heterocycles. The monoisotopic (exact) mass is 247 g/mol. The number of hydrogen-bond donors (Lipinski definition) is 1. The number of nitrogens with one attached hydrogen (secondary N) is 1. The van der Waals surface area contributed by atoms with Crippen LogP contribution in [0.2, 0.25) is 0 Å². The fourth-order valence-electron chi connectivity index (χ4n) is 1.85. The van der Waals surface area contributed by atoms with E-state index in [1.54, 1.807) is 11.3 Å². The number of hydrogen-bond acceptors (Lipinski definition) is 3.